The number of hydrogen-bond acceptors (Lipinski definition) is 4. The highest BCUT2D eigenvalue weighted by molar-refractivity contribution is 7.92. The molecule has 2 atom stereocenters. The fourth-order valence-corrected chi connectivity index (χ4v) is 3.50. The molecule has 2 rings (SSSR count). The second-order valence-corrected chi connectivity index (χ2v) is 8.78. The van der Waals surface area contributed by atoms with Gasteiger partial charge in [0, 0.05) is 20.1 Å². The molecule has 1 fully saturated rings. The third-order valence-corrected chi connectivity index (χ3v) is 5.80. The minimum atomic E-state index is -3.30. The number of carbonyl (C=O) groups excluding carboxylic acids is 1. The number of rotatable bonds is 6. The Hall–Kier alpha value is -1.76. The van der Waals surface area contributed by atoms with Crippen molar-refractivity contribution in [2.24, 2.45) is 5.92 Å². The smallest absolute Gasteiger partial charge is 0.263 e. The molecular formula is C18H28N2O4S. The van der Waals surface area contributed by atoms with E-state index in [0.717, 1.165) is 32.2 Å². The summed E-state index contributed by atoms with van der Waals surface area (Å²) in [6, 6.07) is 6.75. The fraction of sp³-hybridized carbons (Fsp3) is 0.611. The van der Waals surface area contributed by atoms with Gasteiger partial charge in [-0.3, -0.25) is 9.10 Å². The van der Waals surface area contributed by atoms with Gasteiger partial charge in [-0.1, -0.05) is 13.8 Å². The number of ether oxygens (including phenoxy) is 1. The lowest BCUT2D eigenvalue weighted by Gasteiger charge is -2.33. The molecule has 1 aromatic carbocycles. The van der Waals surface area contributed by atoms with Crippen LogP contribution in [0.5, 0.6) is 5.75 Å². The van der Waals surface area contributed by atoms with Crippen molar-refractivity contribution in [1.29, 1.82) is 0 Å². The maximum absolute atomic E-state index is 12.7. The molecule has 7 heteroatoms. The van der Waals surface area contributed by atoms with Gasteiger partial charge in [-0.05, 0) is 49.4 Å². The number of likely N-dealkylation sites (tertiary alicyclic amines) is 1. The van der Waals surface area contributed by atoms with Crippen LogP contribution in [-0.4, -0.2) is 51.7 Å². The van der Waals surface area contributed by atoms with Crippen LogP contribution >= 0.6 is 0 Å². The molecule has 1 saturated heterocycles. The fourth-order valence-electron chi connectivity index (χ4n) is 2.99. The van der Waals surface area contributed by atoms with Crippen molar-refractivity contribution in [3.05, 3.63) is 24.3 Å². The lowest BCUT2D eigenvalue weighted by atomic mass is 9.99. The molecule has 0 spiro atoms. The summed E-state index contributed by atoms with van der Waals surface area (Å²) in [4.78, 5) is 14.6. The zero-order valence-electron chi connectivity index (χ0n) is 15.4. The van der Waals surface area contributed by atoms with Crippen LogP contribution in [0.3, 0.4) is 0 Å². The highest BCUT2D eigenvalue weighted by Crippen LogP contribution is 2.23. The number of carbonyl (C=O) groups is 1. The molecule has 1 aromatic rings. The molecule has 0 unspecified atom stereocenters. The second kappa shape index (κ2) is 8.08. The minimum Gasteiger partial charge on any atom is -0.481 e. The van der Waals surface area contributed by atoms with E-state index in [4.69, 9.17) is 4.74 Å². The van der Waals surface area contributed by atoms with Crippen LogP contribution in [0, 0.1) is 5.92 Å². The van der Waals surface area contributed by atoms with Crippen LogP contribution in [-0.2, 0) is 14.8 Å². The Morgan fingerprint density at radius 3 is 2.52 bits per heavy atom. The van der Waals surface area contributed by atoms with Crippen LogP contribution in [0.4, 0.5) is 5.69 Å². The van der Waals surface area contributed by atoms with Gasteiger partial charge in [0.25, 0.3) is 5.91 Å². The van der Waals surface area contributed by atoms with E-state index in [9.17, 15) is 13.2 Å². The Bertz CT molecular complexity index is 688. The average Bonchev–Trinajstić information content (AvgIpc) is 2.58. The molecular weight excluding hydrogens is 340 g/mol. The predicted molar refractivity (Wildman–Crippen MR) is 99.4 cm³/mol. The summed E-state index contributed by atoms with van der Waals surface area (Å²) < 4.78 is 30.2. The lowest BCUT2D eigenvalue weighted by Crippen LogP contribution is -2.46. The first-order valence-corrected chi connectivity index (χ1v) is 10.6. The van der Waals surface area contributed by atoms with Gasteiger partial charge in [-0.25, -0.2) is 8.42 Å². The number of amides is 1. The van der Waals surface area contributed by atoms with E-state index in [0.29, 0.717) is 23.8 Å². The standard InChI is InChI=1S/C18H28N2O4S/c1-5-17(18(21)20-12-6-7-14(2)13-20)24-16-10-8-15(9-11-16)19(3)25(4,22)23/h8-11,14,17H,5-7,12-13H2,1-4H3/t14-,17+/m1/s1. The number of sulfonamides is 1. The van der Waals surface area contributed by atoms with E-state index in [2.05, 4.69) is 6.92 Å². The van der Waals surface area contributed by atoms with E-state index in [-0.39, 0.29) is 5.91 Å². The maximum Gasteiger partial charge on any atom is 0.263 e. The largest absolute Gasteiger partial charge is 0.481 e. The van der Waals surface area contributed by atoms with Gasteiger partial charge >= 0.3 is 0 Å². The topological polar surface area (TPSA) is 66.9 Å². The molecule has 0 aliphatic carbocycles. The van der Waals surface area contributed by atoms with Crippen molar-refractivity contribution < 1.29 is 17.9 Å². The first-order valence-electron chi connectivity index (χ1n) is 8.71. The van der Waals surface area contributed by atoms with Gasteiger partial charge in [0.1, 0.15) is 5.75 Å². The van der Waals surface area contributed by atoms with Crippen molar-refractivity contribution in [2.75, 3.05) is 30.7 Å². The summed E-state index contributed by atoms with van der Waals surface area (Å²) in [5.41, 5.74) is 0.555. The summed E-state index contributed by atoms with van der Waals surface area (Å²) in [5, 5.41) is 0. The third kappa shape index (κ3) is 5.11. The molecule has 0 saturated carbocycles. The summed E-state index contributed by atoms with van der Waals surface area (Å²) in [6.45, 7) is 5.68. The summed E-state index contributed by atoms with van der Waals surface area (Å²) in [7, 11) is -1.80. The monoisotopic (exact) mass is 368 g/mol. The molecule has 0 radical (unpaired) electrons. The van der Waals surface area contributed by atoms with Gasteiger partial charge in [-0.15, -0.1) is 0 Å². The number of nitrogens with zero attached hydrogens (tertiary/aromatic N) is 2. The zero-order chi connectivity index (χ0) is 18.6. The normalized spacial score (nSPS) is 19.4. The summed E-state index contributed by atoms with van der Waals surface area (Å²) in [6.07, 6.45) is 3.44. The SMILES string of the molecule is CC[C@H](Oc1ccc(N(C)S(C)(=O)=O)cc1)C(=O)N1CCC[C@@H](C)C1. The Balaban J connectivity index is 2.05. The Morgan fingerprint density at radius 2 is 2.00 bits per heavy atom. The lowest BCUT2D eigenvalue weighted by molar-refractivity contribution is -0.140. The number of anilines is 1. The van der Waals surface area contributed by atoms with Gasteiger partial charge in [0.05, 0.1) is 11.9 Å². The Labute approximate surface area is 150 Å². The van der Waals surface area contributed by atoms with Crippen LogP contribution in [0.25, 0.3) is 0 Å². The highest BCUT2D eigenvalue weighted by atomic mass is 32.2. The summed E-state index contributed by atoms with van der Waals surface area (Å²) >= 11 is 0. The van der Waals surface area contributed by atoms with Crippen LogP contribution in [0.15, 0.2) is 24.3 Å². The van der Waals surface area contributed by atoms with E-state index >= 15 is 0 Å². The summed E-state index contributed by atoms with van der Waals surface area (Å²) in [5.74, 6) is 1.13. The first kappa shape index (κ1) is 19.6. The van der Waals surface area contributed by atoms with Crippen molar-refractivity contribution in [3.8, 4) is 5.75 Å². The van der Waals surface area contributed by atoms with E-state index < -0.39 is 16.1 Å². The predicted octanol–water partition coefficient (Wildman–Crippen LogP) is 2.50. The van der Waals surface area contributed by atoms with E-state index in [1.165, 1.54) is 11.4 Å². The molecule has 0 N–H and O–H groups in total. The number of hydrogen-bond donors (Lipinski definition) is 0. The average molecular weight is 368 g/mol. The molecule has 1 aliphatic heterocycles. The Kier molecular flexibility index (Phi) is 6.32. The van der Waals surface area contributed by atoms with Gasteiger partial charge < -0.3 is 9.64 Å². The van der Waals surface area contributed by atoms with Gasteiger partial charge in [0.15, 0.2) is 6.10 Å². The van der Waals surface area contributed by atoms with Crippen LogP contribution in [0.2, 0.25) is 0 Å². The van der Waals surface area contributed by atoms with Gasteiger partial charge in [-0.2, -0.15) is 0 Å². The second-order valence-electron chi connectivity index (χ2n) is 6.77. The molecule has 0 bridgehead atoms. The van der Waals surface area contributed by atoms with Gasteiger partial charge in [0.2, 0.25) is 10.0 Å². The van der Waals surface area contributed by atoms with Crippen molar-refractivity contribution in [2.45, 2.75) is 39.2 Å². The van der Waals surface area contributed by atoms with Crippen molar-refractivity contribution in [1.82, 2.24) is 4.90 Å². The van der Waals surface area contributed by atoms with Crippen molar-refractivity contribution in [3.63, 3.8) is 0 Å². The third-order valence-electron chi connectivity index (χ3n) is 4.59. The maximum atomic E-state index is 12.7. The van der Waals surface area contributed by atoms with E-state index in [1.807, 2.05) is 11.8 Å². The first-order chi connectivity index (χ1) is 11.7. The number of benzene rings is 1. The number of piperidine rings is 1. The van der Waals surface area contributed by atoms with Crippen molar-refractivity contribution >= 4 is 21.6 Å². The molecule has 25 heavy (non-hydrogen) atoms. The highest BCUT2D eigenvalue weighted by Gasteiger charge is 2.28. The molecule has 1 amide bonds. The molecule has 6 nitrogen and oxygen atoms in total. The molecule has 1 heterocycles. The van der Waals surface area contributed by atoms with Crippen LogP contribution in [0.1, 0.15) is 33.1 Å². The quantitative estimate of drug-likeness (QED) is 0.774. The zero-order valence-corrected chi connectivity index (χ0v) is 16.3. The van der Waals surface area contributed by atoms with E-state index in [1.54, 1.807) is 24.3 Å². The molecule has 1 aliphatic rings. The Morgan fingerprint density at radius 1 is 1.36 bits per heavy atom. The molecule has 140 valence electrons. The minimum absolute atomic E-state index is 0.0337. The molecule has 0 aromatic heterocycles. The van der Waals surface area contributed by atoms with Crippen LogP contribution < -0.4 is 9.04 Å².